The minimum atomic E-state index is -1.47. The first-order chi connectivity index (χ1) is 11.3. The Balaban J connectivity index is 1.70. The largest absolute Gasteiger partial charge is 0.465 e. The third-order valence-corrected chi connectivity index (χ3v) is 5.77. The summed E-state index contributed by atoms with van der Waals surface area (Å²) >= 11 is 0. The number of esters is 1. The molecule has 2 heterocycles. The monoisotopic (exact) mass is 346 g/mol. The van der Waals surface area contributed by atoms with Crippen molar-refractivity contribution < 1.29 is 39.4 Å². The third-order valence-electron chi connectivity index (χ3n) is 5.77. The van der Waals surface area contributed by atoms with Gasteiger partial charge in [-0.25, -0.2) is 0 Å². The van der Waals surface area contributed by atoms with Gasteiger partial charge in [0.15, 0.2) is 6.29 Å². The SMILES string of the molecule is C[C@@H]1[C@H]2C(=O)OC[C@H](C)[C@H]2C[C@H]1O[C@H]1O[C@@H](CO)[C@H](O)[C@@H](O)[C@@H]1O. The standard InChI is InChI=1S/C16H26O8/c1-6-5-22-15(21)11-7(2)9(3-8(6)11)23-16-14(20)13(19)12(18)10(4-17)24-16/h6-14,16-20H,3-5H2,1-2H3/t6-,7-,8+,9+,10-,11+,12-,13+,14-,16-/m0/s1. The van der Waals surface area contributed by atoms with Gasteiger partial charge in [-0.3, -0.25) is 4.79 Å². The molecule has 8 nitrogen and oxygen atoms in total. The minimum Gasteiger partial charge on any atom is -0.465 e. The fourth-order valence-corrected chi connectivity index (χ4v) is 4.19. The average Bonchev–Trinajstić information content (AvgIpc) is 2.89. The number of cyclic esters (lactones) is 1. The summed E-state index contributed by atoms with van der Waals surface area (Å²) in [6.45, 7) is 3.84. The molecule has 2 saturated heterocycles. The van der Waals surface area contributed by atoms with Gasteiger partial charge in [0.2, 0.25) is 0 Å². The highest BCUT2D eigenvalue weighted by atomic mass is 16.7. The summed E-state index contributed by atoms with van der Waals surface area (Å²) in [7, 11) is 0. The second-order valence-corrected chi connectivity index (χ2v) is 7.26. The molecule has 0 aromatic heterocycles. The predicted octanol–water partition coefficient (Wildman–Crippen LogP) is -1.36. The predicted molar refractivity (Wildman–Crippen MR) is 79.5 cm³/mol. The number of hydrogen-bond donors (Lipinski definition) is 4. The van der Waals surface area contributed by atoms with E-state index in [4.69, 9.17) is 14.2 Å². The van der Waals surface area contributed by atoms with Crippen molar-refractivity contribution in [3.8, 4) is 0 Å². The number of carbonyl (C=O) groups is 1. The first-order valence-corrected chi connectivity index (χ1v) is 8.47. The molecular weight excluding hydrogens is 320 g/mol. The van der Waals surface area contributed by atoms with Crippen LogP contribution in [0, 0.1) is 23.7 Å². The molecule has 3 rings (SSSR count). The maximum atomic E-state index is 12.1. The molecule has 0 aromatic carbocycles. The van der Waals surface area contributed by atoms with Gasteiger partial charge in [0, 0.05) is 0 Å². The molecule has 24 heavy (non-hydrogen) atoms. The first kappa shape index (κ1) is 18.0. The second kappa shape index (κ2) is 6.86. The van der Waals surface area contributed by atoms with Crippen molar-refractivity contribution in [3.05, 3.63) is 0 Å². The van der Waals surface area contributed by atoms with Gasteiger partial charge in [0.1, 0.15) is 24.4 Å². The zero-order chi connectivity index (χ0) is 17.6. The Kier molecular flexibility index (Phi) is 5.15. The normalized spacial score (nSPS) is 52.0. The molecular formula is C16H26O8. The minimum absolute atomic E-state index is 0.113. The molecule has 3 aliphatic rings. The molecule has 8 heteroatoms. The average molecular weight is 346 g/mol. The highest BCUT2D eigenvalue weighted by molar-refractivity contribution is 5.74. The van der Waals surface area contributed by atoms with Gasteiger partial charge in [-0.05, 0) is 24.2 Å². The quantitative estimate of drug-likeness (QED) is 0.462. The second-order valence-electron chi connectivity index (χ2n) is 7.26. The van der Waals surface area contributed by atoms with Crippen molar-refractivity contribution in [3.63, 3.8) is 0 Å². The van der Waals surface area contributed by atoms with Crippen LogP contribution in [0.2, 0.25) is 0 Å². The summed E-state index contributed by atoms with van der Waals surface area (Å²) < 4.78 is 16.5. The lowest BCUT2D eigenvalue weighted by atomic mass is 9.81. The van der Waals surface area contributed by atoms with Crippen LogP contribution < -0.4 is 0 Å². The van der Waals surface area contributed by atoms with E-state index in [0.717, 1.165) is 0 Å². The van der Waals surface area contributed by atoms with Crippen LogP contribution in [0.3, 0.4) is 0 Å². The Morgan fingerprint density at radius 1 is 1.17 bits per heavy atom. The summed E-state index contributed by atoms with van der Waals surface area (Å²) in [6.07, 6.45) is -6.18. The maximum absolute atomic E-state index is 12.1. The number of aliphatic hydroxyl groups is 4. The van der Waals surface area contributed by atoms with E-state index < -0.39 is 37.3 Å². The molecule has 0 aromatic rings. The fraction of sp³-hybridized carbons (Fsp3) is 0.938. The van der Waals surface area contributed by atoms with Crippen molar-refractivity contribution >= 4 is 5.97 Å². The lowest BCUT2D eigenvalue weighted by molar-refractivity contribution is -0.313. The van der Waals surface area contributed by atoms with E-state index >= 15 is 0 Å². The van der Waals surface area contributed by atoms with Gasteiger partial charge in [0.25, 0.3) is 0 Å². The van der Waals surface area contributed by atoms with Crippen LogP contribution in [0.5, 0.6) is 0 Å². The molecule has 1 aliphatic carbocycles. The van der Waals surface area contributed by atoms with Crippen LogP contribution in [0.15, 0.2) is 0 Å². The molecule has 0 amide bonds. The van der Waals surface area contributed by atoms with E-state index in [1.54, 1.807) is 0 Å². The third kappa shape index (κ3) is 2.95. The molecule has 10 atom stereocenters. The summed E-state index contributed by atoms with van der Waals surface area (Å²) in [6, 6.07) is 0. The van der Waals surface area contributed by atoms with Crippen molar-refractivity contribution in [2.75, 3.05) is 13.2 Å². The fourth-order valence-electron chi connectivity index (χ4n) is 4.19. The lowest BCUT2D eigenvalue weighted by Gasteiger charge is -2.41. The summed E-state index contributed by atoms with van der Waals surface area (Å²) in [4.78, 5) is 12.1. The van der Waals surface area contributed by atoms with E-state index in [1.807, 2.05) is 13.8 Å². The summed E-state index contributed by atoms with van der Waals surface area (Å²) in [5.74, 6) is -0.193. The van der Waals surface area contributed by atoms with Crippen LogP contribution >= 0.6 is 0 Å². The highest BCUT2D eigenvalue weighted by Crippen LogP contribution is 2.46. The maximum Gasteiger partial charge on any atom is 0.309 e. The van der Waals surface area contributed by atoms with Crippen molar-refractivity contribution in [2.45, 2.75) is 57.1 Å². The van der Waals surface area contributed by atoms with Crippen LogP contribution in [0.1, 0.15) is 20.3 Å². The number of hydrogen-bond acceptors (Lipinski definition) is 8. The van der Waals surface area contributed by atoms with Crippen molar-refractivity contribution in [2.24, 2.45) is 23.7 Å². The van der Waals surface area contributed by atoms with Gasteiger partial charge in [-0.15, -0.1) is 0 Å². The van der Waals surface area contributed by atoms with Gasteiger partial charge in [-0.2, -0.15) is 0 Å². The van der Waals surface area contributed by atoms with Crippen molar-refractivity contribution in [1.82, 2.24) is 0 Å². The van der Waals surface area contributed by atoms with Crippen LogP contribution in [-0.4, -0.2) is 76.4 Å². The molecule has 0 spiro atoms. The lowest BCUT2D eigenvalue weighted by Crippen LogP contribution is -2.59. The van der Waals surface area contributed by atoms with Crippen LogP contribution in [-0.2, 0) is 19.0 Å². The molecule has 138 valence electrons. The Morgan fingerprint density at radius 3 is 2.50 bits per heavy atom. The number of ether oxygens (including phenoxy) is 3. The van der Waals surface area contributed by atoms with E-state index in [9.17, 15) is 25.2 Å². The first-order valence-electron chi connectivity index (χ1n) is 8.47. The Hall–Kier alpha value is -0.770. The zero-order valence-electron chi connectivity index (χ0n) is 13.8. The van der Waals surface area contributed by atoms with E-state index in [0.29, 0.717) is 13.0 Å². The number of carbonyl (C=O) groups excluding carboxylic acids is 1. The topological polar surface area (TPSA) is 126 Å². The molecule has 3 fully saturated rings. The Morgan fingerprint density at radius 2 is 1.88 bits per heavy atom. The highest BCUT2D eigenvalue weighted by Gasteiger charge is 2.53. The molecule has 4 N–H and O–H groups in total. The molecule has 0 unspecified atom stereocenters. The van der Waals surface area contributed by atoms with Crippen LogP contribution in [0.4, 0.5) is 0 Å². The number of aliphatic hydroxyl groups excluding tert-OH is 4. The van der Waals surface area contributed by atoms with E-state index in [-0.39, 0.29) is 35.7 Å². The van der Waals surface area contributed by atoms with E-state index in [2.05, 4.69) is 0 Å². The number of rotatable bonds is 3. The number of fused-ring (bicyclic) bond motifs is 1. The Labute approximate surface area is 140 Å². The van der Waals surface area contributed by atoms with E-state index in [1.165, 1.54) is 0 Å². The zero-order valence-corrected chi connectivity index (χ0v) is 13.8. The molecule has 2 aliphatic heterocycles. The van der Waals surface area contributed by atoms with Gasteiger partial charge >= 0.3 is 5.97 Å². The molecule has 1 saturated carbocycles. The Bertz CT molecular complexity index is 469. The molecule has 0 bridgehead atoms. The van der Waals surface area contributed by atoms with Gasteiger partial charge < -0.3 is 34.6 Å². The van der Waals surface area contributed by atoms with Crippen molar-refractivity contribution in [1.29, 1.82) is 0 Å². The smallest absolute Gasteiger partial charge is 0.309 e. The van der Waals surface area contributed by atoms with Crippen LogP contribution in [0.25, 0.3) is 0 Å². The molecule has 0 radical (unpaired) electrons. The summed E-state index contributed by atoms with van der Waals surface area (Å²) in [5, 5.41) is 39.0. The van der Waals surface area contributed by atoms with Gasteiger partial charge in [-0.1, -0.05) is 13.8 Å². The van der Waals surface area contributed by atoms with Gasteiger partial charge in [0.05, 0.1) is 25.2 Å². The summed E-state index contributed by atoms with van der Waals surface area (Å²) in [5.41, 5.74) is 0.